The van der Waals surface area contributed by atoms with Gasteiger partial charge in [0, 0.05) is 43.5 Å². The maximum Gasteiger partial charge on any atom is 0.0713 e. The van der Waals surface area contributed by atoms with Gasteiger partial charge in [-0.15, -0.1) is 0 Å². The Morgan fingerprint density at radius 1 is 1.24 bits per heavy atom. The molecule has 5 heteroatoms. The predicted molar refractivity (Wildman–Crippen MR) is 102 cm³/mol. The minimum Gasteiger partial charge on any atom is -0.385 e. The van der Waals surface area contributed by atoms with Crippen LogP contribution >= 0.6 is 0 Å². The van der Waals surface area contributed by atoms with Crippen LogP contribution in [0.25, 0.3) is 10.9 Å². The molecule has 2 aromatic carbocycles. The molecule has 130 valence electrons. The van der Waals surface area contributed by atoms with E-state index in [0.717, 1.165) is 30.5 Å². The molecule has 1 atom stereocenters. The van der Waals surface area contributed by atoms with Crippen LogP contribution in [0, 0.1) is 5.92 Å². The minimum atomic E-state index is 0.663. The molecule has 1 saturated heterocycles. The molecule has 0 bridgehead atoms. The summed E-state index contributed by atoms with van der Waals surface area (Å²) in [5, 5.41) is 11.9. The first-order valence-electron chi connectivity index (χ1n) is 8.81. The summed E-state index contributed by atoms with van der Waals surface area (Å²) in [5.74, 6) is 0.663. The number of aromatic nitrogens is 2. The van der Waals surface area contributed by atoms with E-state index in [0.29, 0.717) is 12.5 Å². The molecule has 1 aliphatic heterocycles. The molecule has 1 unspecified atom stereocenters. The smallest absolute Gasteiger partial charge is 0.0713 e. The van der Waals surface area contributed by atoms with Crippen molar-refractivity contribution in [1.29, 1.82) is 0 Å². The molecule has 2 heterocycles. The molecular weight excluding hydrogens is 312 g/mol. The summed E-state index contributed by atoms with van der Waals surface area (Å²) >= 11 is 0. The Hall–Kier alpha value is -2.53. The van der Waals surface area contributed by atoms with E-state index in [9.17, 15) is 0 Å². The fourth-order valence-electron chi connectivity index (χ4n) is 3.50. The zero-order chi connectivity index (χ0) is 17.1. The van der Waals surface area contributed by atoms with Crippen molar-refractivity contribution in [3.05, 3.63) is 54.2 Å². The summed E-state index contributed by atoms with van der Waals surface area (Å²) in [6.07, 6.45) is 3.09. The maximum absolute atomic E-state index is 5.15. The van der Waals surface area contributed by atoms with Crippen molar-refractivity contribution in [3.63, 3.8) is 0 Å². The molecule has 0 amide bonds. The van der Waals surface area contributed by atoms with Gasteiger partial charge in [0.15, 0.2) is 0 Å². The van der Waals surface area contributed by atoms with Crippen molar-refractivity contribution in [3.8, 4) is 0 Å². The molecule has 1 aromatic heterocycles. The zero-order valence-electron chi connectivity index (χ0n) is 14.5. The Kier molecular flexibility index (Phi) is 4.57. The average molecular weight is 336 g/mol. The second-order valence-electron chi connectivity index (χ2n) is 6.75. The average Bonchev–Trinajstić information content (AvgIpc) is 3.30. The number of nitrogens with one attached hydrogen (secondary N) is 2. The fraction of sp³-hybridized carbons (Fsp3) is 0.350. The number of H-pyrrole nitrogens is 1. The number of ether oxygens (including phenoxy) is 1. The third-order valence-electron chi connectivity index (χ3n) is 4.94. The van der Waals surface area contributed by atoms with Gasteiger partial charge in [-0.1, -0.05) is 12.1 Å². The number of hydrogen-bond acceptors (Lipinski definition) is 4. The number of benzene rings is 2. The first-order chi connectivity index (χ1) is 12.3. The zero-order valence-corrected chi connectivity index (χ0v) is 14.5. The first kappa shape index (κ1) is 16.0. The molecular formula is C20H24N4O. The van der Waals surface area contributed by atoms with E-state index in [4.69, 9.17) is 4.74 Å². The van der Waals surface area contributed by atoms with E-state index in [1.54, 1.807) is 7.11 Å². The normalized spacial score (nSPS) is 17.3. The van der Waals surface area contributed by atoms with Gasteiger partial charge in [0.25, 0.3) is 0 Å². The lowest BCUT2D eigenvalue weighted by atomic mass is 10.1. The van der Waals surface area contributed by atoms with Crippen LogP contribution in [0.4, 0.5) is 11.4 Å². The Bertz CT molecular complexity index is 827. The van der Waals surface area contributed by atoms with Crippen molar-refractivity contribution in [1.82, 2.24) is 10.2 Å². The van der Waals surface area contributed by atoms with Gasteiger partial charge < -0.3 is 15.0 Å². The maximum atomic E-state index is 5.15. The summed E-state index contributed by atoms with van der Waals surface area (Å²) < 4.78 is 5.15. The Balaban J connectivity index is 1.32. The second kappa shape index (κ2) is 7.15. The minimum absolute atomic E-state index is 0.663. The van der Waals surface area contributed by atoms with Gasteiger partial charge in [0.05, 0.1) is 18.3 Å². The number of hydrogen-bond donors (Lipinski definition) is 2. The van der Waals surface area contributed by atoms with Crippen LogP contribution in [-0.4, -0.2) is 36.9 Å². The molecule has 4 rings (SSSR count). The van der Waals surface area contributed by atoms with Gasteiger partial charge in [0.1, 0.15) is 0 Å². The van der Waals surface area contributed by atoms with Gasteiger partial charge in [-0.2, -0.15) is 5.10 Å². The highest BCUT2D eigenvalue weighted by molar-refractivity contribution is 5.81. The summed E-state index contributed by atoms with van der Waals surface area (Å²) in [4.78, 5) is 2.47. The fourth-order valence-corrected chi connectivity index (χ4v) is 3.50. The van der Waals surface area contributed by atoms with Crippen molar-refractivity contribution in [2.24, 2.45) is 5.92 Å². The molecule has 3 aromatic rings. The van der Waals surface area contributed by atoms with Crippen LogP contribution in [0.5, 0.6) is 0 Å². The quantitative estimate of drug-likeness (QED) is 0.721. The van der Waals surface area contributed by atoms with Gasteiger partial charge in [0.2, 0.25) is 0 Å². The van der Waals surface area contributed by atoms with Crippen molar-refractivity contribution in [2.45, 2.75) is 13.0 Å². The lowest BCUT2D eigenvalue weighted by molar-refractivity contribution is 0.185. The lowest BCUT2D eigenvalue weighted by Gasteiger charge is -2.19. The molecule has 0 aliphatic carbocycles. The number of aromatic amines is 1. The van der Waals surface area contributed by atoms with Crippen LogP contribution in [0.1, 0.15) is 12.0 Å². The monoisotopic (exact) mass is 336 g/mol. The van der Waals surface area contributed by atoms with Gasteiger partial charge in [-0.05, 0) is 48.2 Å². The molecule has 5 nitrogen and oxygen atoms in total. The lowest BCUT2D eigenvalue weighted by Crippen LogP contribution is -2.22. The van der Waals surface area contributed by atoms with Gasteiger partial charge >= 0.3 is 0 Å². The number of rotatable bonds is 6. The largest absolute Gasteiger partial charge is 0.385 e. The third-order valence-corrected chi connectivity index (χ3v) is 4.94. The highest BCUT2D eigenvalue weighted by Gasteiger charge is 2.22. The summed E-state index contributed by atoms with van der Waals surface area (Å²) in [6.45, 7) is 3.87. The summed E-state index contributed by atoms with van der Waals surface area (Å²) in [7, 11) is 1.72. The number of fused-ring (bicyclic) bond motifs is 1. The van der Waals surface area contributed by atoms with E-state index in [1.165, 1.54) is 23.4 Å². The SMILES string of the molecule is COCc1ccc(NCC2CCN(c3ccc4cn[nH]c4c3)C2)cc1. The van der Waals surface area contributed by atoms with Crippen molar-refractivity contribution in [2.75, 3.05) is 37.0 Å². The van der Waals surface area contributed by atoms with Crippen LogP contribution in [0.15, 0.2) is 48.7 Å². The molecule has 25 heavy (non-hydrogen) atoms. The number of nitrogens with zero attached hydrogens (tertiary/aromatic N) is 2. The highest BCUT2D eigenvalue weighted by atomic mass is 16.5. The van der Waals surface area contributed by atoms with Crippen molar-refractivity contribution >= 4 is 22.3 Å². The van der Waals surface area contributed by atoms with E-state index >= 15 is 0 Å². The molecule has 1 fully saturated rings. The number of anilines is 2. The topological polar surface area (TPSA) is 53.2 Å². The molecule has 2 N–H and O–H groups in total. The van der Waals surface area contributed by atoms with Gasteiger partial charge in [-0.25, -0.2) is 0 Å². The summed E-state index contributed by atoms with van der Waals surface area (Å²) in [6, 6.07) is 15.0. The van der Waals surface area contributed by atoms with Crippen LogP contribution in [-0.2, 0) is 11.3 Å². The van der Waals surface area contributed by atoms with E-state index in [1.807, 2.05) is 6.20 Å². The van der Waals surface area contributed by atoms with Crippen molar-refractivity contribution < 1.29 is 4.74 Å². The number of methoxy groups -OCH3 is 1. The van der Waals surface area contributed by atoms with Gasteiger partial charge in [-0.3, -0.25) is 5.10 Å². The summed E-state index contributed by atoms with van der Waals surface area (Å²) in [5.41, 5.74) is 4.77. The second-order valence-corrected chi connectivity index (χ2v) is 6.75. The van der Waals surface area contributed by atoms with E-state index < -0.39 is 0 Å². The van der Waals surface area contributed by atoms with E-state index in [2.05, 4.69) is 62.9 Å². The Morgan fingerprint density at radius 3 is 2.96 bits per heavy atom. The molecule has 0 radical (unpaired) electrons. The Labute approximate surface area is 148 Å². The Morgan fingerprint density at radius 2 is 2.12 bits per heavy atom. The molecule has 0 spiro atoms. The first-order valence-corrected chi connectivity index (χ1v) is 8.81. The standard InChI is InChI=1S/C20H24N4O/c1-25-14-15-2-5-18(6-3-15)21-11-16-8-9-24(13-16)19-7-4-17-12-22-23-20(17)10-19/h2-7,10,12,16,21H,8-9,11,13-14H2,1H3,(H,22,23). The van der Waals surface area contributed by atoms with Crippen LogP contribution < -0.4 is 10.2 Å². The van der Waals surface area contributed by atoms with Crippen LogP contribution in [0.2, 0.25) is 0 Å². The van der Waals surface area contributed by atoms with E-state index in [-0.39, 0.29) is 0 Å². The highest BCUT2D eigenvalue weighted by Crippen LogP contribution is 2.26. The third kappa shape index (κ3) is 3.61. The van der Waals surface area contributed by atoms with Crippen LogP contribution in [0.3, 0.4) is 0 Å². The molecule has 1 aliphatic rings. The predicted octanol–water partition coefficient (Wildman–Crippen LogP) is 3.65. The molecule has 0 saturated carbocycles.